The number of morpholine rings is 1. The standard InChI is InChI=1S/C12H22N2O5/c1-9(2)13(4-3-11(16)17)12(18)14-5-6-19-8-10(14)7-15/h9-10,15H,3-8H2,1-2H3,(H,16,17). The van der Waals surface area contributed by atoms with Gasteiger partial charge >= 0.3 is 12.0 Å². The summed E-state index contributed by atoms with van der Waals surface area (Å²) in [6.45, 7) is 4.86. The zero-order valence-electron chi connectivity index (χ0n) is 11.4. The van der Waals surface area contributed by atoms with Crippen LogP contribution in [0.4, 0.5) is 4.79 Å². The van der Waals surface area contributed by atoms with Crippen LogP contribution in [0.1, 0.15) is 20.3 Å². The molecule has 0 saturated carbocycles. The van der Waals surface area contributed by atoms with Gasteiger partial charge in [0.15, 0.2) is 0 Å². The van der Waals surface area contributed by atoms with Crippen LogP contribution in [0.3, 0.4) is 0 Å². The summed E-state index contributed by atoms with van der Waals surface area (Å²) in [4.78, 5) is 26.1. The second-order valence-electron chi connectivity index (χ2n) is 4.82. The smallest absolute Gasteiger partial charge is 0.320 e. The number of carboxylic acid groups (broad SMARTS) is 1. The van der Waals surface area contributed by atoms with Gasteiger partial charge in [-0.15, -0.1) is 0 Å². The molecule has 1 aliphatic heterocycles. The molecule has 1 atom stereocenters. The highest BCUT2D eigenvalue weighted by molar-refractivity contribution is 5.76. The fourth-order valence-electron chi connectivity index (χ4n) is 2.01. The minimum Gasteiger partial charge on any atom is -0.481 e. The summed E-state index contributed by atoms with van der Waals surface area (Å²) in [6, 6.07) is -0.681. The summed E-state index contributed by atoms with van der Waals surface area (Å²) in [6.07, 6.45) is -0.0853. The Morgan fingerprint density at radius 1 is 1.47 bits per heavy atom. The largest absolute Gasteiger partial charge is 0.481 e. The van der Waals surface area contributed by atoms with Gasteiger partial charge in [0.2, 0.25) is 0 Å². The number of amides is 2. The van der Waals surface area contributed by atoms with Crippen molar-refractivity contribution in [2.24, 2.45) is 0 Å². The van der Waals surface area contributed by atoms with E-state index in [0.29, 0.717) is 19.8 Å². The number of carboxylic acids is 1. The molecule has 7 nitrogen and oxygen atoms in total. The van der Waals surface area contributed by atoms with Crippen LogP contribution in [0.15, 0.2) is 0 Å². The lowest BCUT2D eigenvalue weighted by Crippen LogP contribution is -2.56. The lowest BCUT2D eigenvalue weighted by molar-refractivity contribution is -0.137. The molecule has 1 heterocycles. The summed E-state index contributed by atoms with van der Waals surface area (Å²) in [7, 11) is 0. The number of urea groups is 1. The highest BCUT2D eigenvalue weighted by atomic mass is 16.5. The van der Waals surface area contributed by atoms with Crippen molar-refractivity contribution in [3.05, 3.63) is 0 Å². The van der Waals surface area contributed by atoms with Gasteiger partial charge < -0.3 is 24.7 Å². The van der Waals surface area contributed by atoms with Crippen molar-refractivity contribution in [1.82, 2.24) is 9.80 Å². The number of hydrogen-bond acceptors (Lipinski definition) is 4. The van der Waals surface area contributed by atoms with Crippen LogP contribution in [0, 0.1) is 0 Å². The Hall–Kier alpha value is -1.34. The summed E-state index contributed by atoms with van der Waals surface area (Å²) in [5.41, 5.74) is 0. The van der Waals surface area contributed by atoms with E-state index in [1.165, 1.54) is 4.90 Å². The molecule has 1 unspecified atom stereocenters. The van der Waals surface area contributed by atoms with Crippen molar-refractivity contribution in [2.75, 3.05) is 32.9 Å². The maximum absolute atomic E-state index is 12.4. The SMILES string of the molecule is CC(C)N(CCC(=O)O)C(=O)N1CCOCC1CO. The van der Waals surface area contributed by atoms with E-state index in [1.54, 1.807) is 4.90 Å². The molecule has 7 heteroatoms. The van der Waals surface area contributed by atoms with E-state index in [-0.39, 0.29) is 37.7 Å². The third-order valence-corrected chi connectivity index (χ3v) is 3.12. The Balaban J connectivity index is 2.71. The molecule has 0 radical (unpaired) electrons. The number of hydrogen-bond donors (Lipinski definition) is 2. The molecular formula is C12H22N2O5. The topological polar surface area (TPSA) is 90.3 Å². The summed E-state index contributed by atoms with van der Waals surface area (Å²) in [5.74, 6) is -0.931. The van der Waals surface area contributed by atoms with Gasteiger partial charge in [0.05, 0.1) is 32.3 Å². The predicted molar refractivity (Wildman–Crippen MR) is 67.9 cm³/mol. The third kappa shape index (κ3) is 4.36. The van der Waals surface area contributed by atoms with Crippen molar-refractivity contribution < 1.29 is 24.5 Å². The number of ether oxygens (including phenoxy) is 1. The average molecular weight is 274 g/mol. The second-order valence-corrected chi connectivity index (χ2v) is 4.82. The summed E-state index contributed by atoms with van der Waals surface area (Å²) >= 11 is 0. The maximum atomic E-state index is 12.4. The Bertz CT molecular complexity index is 321. The first-order valence-electron chi connectivity index (χ1n) is 6.45. The maximum Gasteiger partial charge on any atom is 0.320 e. The molecule has 0 aliphatic carbocycles. The third-order valence-electron chi connectivity index (χ3n) is 3.12. The highest BCUT2D eigenvalue weighted by Crippen LogP contribution is 2.12. The Labute approximate surface area is 112 Å². The van der Waals surface area contributed by atoms with Crippen LogP contribution in [0.25, 0.3) is 0 Å². The van der Waals surface area contributed by atoms with Gasteiger partial charge in [0.1, 0.15) is 0 Å². The average Bonchev–Trinajstić information content (AvgIpc) is 2.37. The minimum atomic E-state index is -0.931. The van der Waals surface area contributed by atoms with E-state index >= 15 is 0 Å². The van der Waals surface area contributed by atoms with Crippen LogP contribution < -0.4 is 0 Å². The van der Waals surface area contributed by atoms with Gasteiger partial charge in [-0.05, 0) is 13.8 Å². The van der Waals surface area contributed by atoms with Crippen molar-refractivity contribution in [2.45, 2.75) is 32.4 Å². The van der Waals surface area contributed by atoms with Gasteiger partial charge in [0.25, 0.3) is 0 Å². The monoisotopic (exact) mass is 274 g/mol. The Morgan fingerprint density at radius 2 is 2.16 bits per heavy atom. The molecule has 1 fully saturated rings. The number of nitrogens with zero attached hydrogens (tertiary/aromatic N) is 2. The van der Waals surface area contributed by atoms with Gasteiger partial charge in [-0.25, -0.2) is 4.79 Å². The molecule has 19 heavy (non-hydrogen) atoms. The van der Waals surface area contributed by atoms with Gasteiger partial charge in [-0.2, -0.15) is 0 Å². The zero-order chi connectivity index (χ0) is 14.4. The van der Waals surface area contributed by atoms with Gasteiger partial charge in [-0.1, -0.05) is 0 Å². The lowest BCUT2D eigenvalue weighted by Gasteiger charge is -2.39. The molecule has 0 aromatic heterocycles. The summed E-state index contributed by atoms with van der Waals surface area (Å²) < 4.78 is 5.23. The number of aliphatic carboxylic acids is 1. The van der Waals surface area contributed by atoms with E-state index in [0.717, 1.165) is 0 Å². The summed E-state index contributed by atoms with van der Waals surface area (Å²) in [5, 5.41) is 18.0. The molecular weight excluding hydrogens is 252 g/mol. The quantitative estimate of drug-likeness (QED) is 0.735. The van der Waals surface area contributed by atoms with Gasteiger partial charge in [-0.3, -0.25) is 4.79 Å². The number of carbonyl (C=O) groups is 2. The van der Waals surface area contributed by atoms with Gasteiger partial charge in [0, 0.05) is 19.1 Å². The van der Waals surface area contributed by atoms with Crippen molar-refractivity contribution in [1.29, 1.82) is 0 Å². The fraction of sp³-hybridized carbons (Fsp3) is 0.833. The second kappa shape index (κ2) is 7.30. The Morgan fingerprint density at radius 3 is 2.68 bits per heavy atom. The van der Waals surface area contributed by atoms with E-state index in [2.05, 4.69) is 0 Å². The first-order chi connectivity index (χ1) is 8.97. The van der Waals surface area contributed by atoms with E-state index in [1.807, 2.05) is 13.8 Å². The molecule has 0 aromatic carbocycles. The minimum absolute atomic E-state index is 0.0853. The van der Waals surface area contributed by atoms with Crippen LogP contribution >= 0.6 is 0 Å². The molecule has 1 saturated heterocycles. The number of carbonyl (C=O) groups excluding carboxylic acids is 1. The number of rotatable bonds is 5. The fourth-order valence-corrected chi connectivity index (χ4v) is 2.01. The van der Waals surface area contributed by atoms with E-state index in [4.69, 9.17) is 9.84 Å². The van der Waals surface area contributed by atoms with Crippen molar-refractivity contribution in [3.63, 3.8) is 0 Å². The van der Waals surface area contributed by atoms with Crippen LogP contribution in [-0.4, -0.2) is 77.0 Å². The molecule has 2 amide bonds. The van der Waals surface area contributed by atoms with Crippen LogP contribution in [0.2, 0.25) is 0 Å². The number of aliphatic hydroxyl groups excluding tert-OH is 1. The lowest BCUT2D eigenvalue weighted by atomic mass is 10.2. The highest BCUT2D eigenvalue weighted by Gasteiger charge is 2.31. The predicted octanol–water partition coefficient (Wildman–Crippen LogP) is -0.0154. The molecule has 110 valence electrons. The first-order valence-corrected chi connectivity index (χ1v) is 6.45. The molecule has 0 aromatic rings. The molecule has 1 aliphatic rings. The molecule has 0 bridgehead atoms. The Kier molecular flexibility index (Phi) is 6.04. The first kappa shape index (κ1) is 15.7. The molecule has 1 rings (SSSR count). The van der Waals surface area contributed by atoms with E-state index in [9.17, 15) is 14.7 Å². The normalized spacial score (nSPS) is 19.6. The van der Waals surface area contributed by atoms with E-state index < -0.39 is 5.97 Å². The van der Waals surface area contributed by atoms with Crippen molar-refractivity contribution in [3.8, 4) is 0 Å². The van der Waals surface area contributed by atoms with Crippen LogP contribution in [0.5, 0.6) is 0 Å². The molecule has 0 spiro atoms. The van der Waals surface area contributed by atoms with Crippen molar-refractivity contribution >= 4 is 12.0 Å². The van der Waals surface area contributed by atoms with Crippen LogP contribution in [-0.2, 0) is 9.53 Å². The zero-order valence-corrected chi connectivity index (χ0v) is 11.4. The molecule has 2 N–H and O–H groups in total. The number of aliphatic hydroxyl groups is 1.